The predicted molar refractivity (Wildman–Crippen MR) is 57.0 cm³/mol. The minimum atomic E-state index is -0.701. The lowest BCUT2D eigenvalue weighted by Gasteiger charge is -1.99. The van der Waals surface area contributed by atoms with Crippen LogP contribution in [0.25, 0.3) is 11.7 Å². The molecular formula is C10H6N2O3S. The van der Waals surface area contributed by atoms with Crippen LogP contribution in [0.2, 0.25) is 0 Å². The number of aromatic nitrogens is 1. The maximum atomic E-state index is 11.5. The molecule has 2 aromatic rings. The van der Waals surface area contributed by atoms with Crippen molar-refractivity contribution in [1.29, 1.82) is 5.26 Å². The van der Waals surface area contributed by atoms with Gasteiger partial charge in [0, 0.05) is 0 Å². The Morgan fingerprint density at radius 1 is 1.56 bits per heavy atom. The van der Waals surface area contributed by atoms with E-state index in [1.54, 1.807) is 24.5 Å². The van der Waals surface area contributed by atoms with Crippen LogP contribution in [0.5, 0.6) is 0 Å². The smallest absolute Gasteiger partial charge is 0.358 e. The van der Waals surface area contributed by atoms with E-state index in [1.165, 1.54) is 18.0 Å². The average molecular weight is 234 g/mol. The molecule has 0 saturated heterocycles. The molecule has 6 heteroatoms. The molecule has 2 heterocycles. The van der Waals surface area contributed by atoms with Gasteiger partial charge >= 0.3 is 5.63 Å². The summed E-state index contributed by atoms with van der Waals surface area (Å²) in [5, 5.41) is 9.10. The van der Waals surface area contributed by atoms with Crippen LogP contribution in [0.1, 0.15) is 5.56 Å². The maximum Gasteiger partial charge on any atom is 0.358 e. The third-order valence-electron chi connectivity index (χ3n) is 1.85. The fourth-order valence-corrected chi connectivity index (χ4v) is 1.65. The van der Waals surface area contributed by atoms with Crippen molar-refractivity contribution in [3.8, 4) is 17.7 Å². The number of hydrogen-bond donors (Lipinski definition) is 0. The summed E-state index contributed by atoms with van der Waals surface area (Å²) in [7, 11) is 0. The van der Waals surface area contributed by atoms with E-state index in [1.807, 2.05) is 0 Å². The van der Waals surface area contributed by atoms with Gasteiger partial charge < -0.3 is 8.83 Å². The van der Waals surface area contributed by atoms with Crippen molar-refractivity contribution in [3.05, 3.63) is 34.4 Å². The first-order valence-electron chi connectivity index (χ1n) is 4.29. The fraction of sp³-hybridized carbons (Fsp3) is 0.100. The predicted octanol–water partition coefficient (Wildman–Crippen LogP) is 1.89. The van der Waals surface area contributed by atoms with Crippen molar-refractivity contribution in [3.63, 3.8) is 0 Å². The van der Waals surface area contributed by atoms with Gasteiger partial charge in [-0.3, -0.25) is 0 Å². The lowest BCUT2D eigenvalue weighted by atomic mass is 10.4. The highest BCUT2D eigenvalue weighted by Crippen LogP contribution is 2.21. The highest BCUT2D eigenvalue weighted by atomic mass is 32.2. The standard InChI is InChI=1S/C10H6N2O3S/c1-16-9-6(5-11)10(13)15-8(12-9)7-3-2-4-14-7/h2-4H,1H3. The zero-order valence-electron chi connectivity index (χ0n) is 8.26. The number of hydrogen-bond acceptors (Lipinski definition) is 6. The summed E-state index contributed by atoms with van der Waals surface area (Å²) in [6.07, 6.45) is 3.18. The second-order valence-electron chi connectivity index (χ2n) is 2.78. The van der Waals surface area contributed by atoms with Gasteiger partial charge in [0.25, 0.3) is 5.89 Å². The molecule has 2 aromatic heterocycles. The highest BCUT2D eigenvalue weighted by Gasteiger charge is 2.15. The fourth-order valence-electron chi connectivity index (χ4n) is 1.14. The molecule has 0 unspecified atom stereocenters. The summed E-state index contributed by atoms with van der Waals surface area (Å²) in [5.41, 5.74) is -0.781. The Morgan fingerprint density at radius 3 is 2.94 bits per heavy atom. The van der Waals surface area contributed by atoms with Gasteiger partial charge in [-0.1, -0.05) is 0 Å². The summed E-state index contributed by atoms with van der Waals surface area (Å²) in [6.45, 7) is 0. The van der Waals surface area contributed by atoms with Crippen molar-refractivity contribution >= 4 is 11.8 Å². The average Bonchev–Trinajstić information content (AvgIpc) is 2.81. The van der Waals surface area contributed by atoms with E-state index < -0.39 is 5.63 Å². The quantitative estimate of drug-likeness (QED) is 0.738. The van der Waals surface area contributed by atoms with Gasteiger partial charge in [0.05, 0.1) is 6.26 Å². The summed E-state index contributed by atoms with van der Waals surface area (Å²) in [5.74, 6) is 0.440. The second kappa shape index (κ2) is 4.24. The second-order valence-corrected chi connectivity index (χ2v) is 3.57. The first-order chi connectivity index (χ1) is 7.76. The van der Waals surface area contributed by atoms with E-state index in [2.05, 4.69) is 4.98 Å². The number of furan rings is 1. The molecule has 0 aliphatic heterocycles. The zero-order valence-corrected chi connectivity index (χ0v) is 9.08. The van der Waals surface area contributed by atoms with Crippen LogP contribution in [0.3, 0.4) is 0 Å². The van der Waals surface area contributed by atoms with Crippen LogP contribution in [-0.4, -0.2) is 11.2 Å². The van der Waals surface area contributed by atoms with Crippen molar-refractivity contribution < 1.29 is 8.83 Å². The Bertz CT molecular complexity index is 596. The van der Waals surface area contributed by atoms with Crippen LogP contribution >= 0.6 is 11.8 Å². The minimum absolute atomic E-state index is 0.0807. The topological polar surface area (TPSA) is 80.0 Å². The molecule has 0 bridgehead atoms. The third-order valence-corrected chi connectivity index (χ3v) is 2.53. The molecule has 0 aliphatic carbocycles. The van der Waals surface area contributed by atoms with Crippen molar-refractivity contribution in [2.24, 2.45) is 0 Å². The Balaban J connectivity index is 2.65. The van der Waals surface area contributed by atoms with Crippen molar-refractivity contribution in [2.45, 2.75) is 5.03 Å². The maximum absolute atomic E-state index is 11.5. The summed E-state index contributed by atoms with van der Waals surface area (Å²) in [4.78, 5) is 15.5. The van der Waals surface area contributed by atoms with E-state index in [4.69, 9.17) is 14.1 Å². The highest BCUT2D eigenvalue weighted by molar-refractivity contribution is 7.98. The van der Waals surface area contributed by atoms with Crippen molar-refractivity contribution in [2.75, 3.05) is 6.26 Å². The Morgan fingerprint density at radius 2 is 2.38 bits per heavy atom. The molecular weight excluding hydrogens is 228 g/mol. The number of nitrogens with zero attached hydrogens (tertiary/aromatic N) is 2. The largest absolute Gasteiger partial charge is 0.459 e. The van der Waals surface area contributed by atoms with E-state index in [0.29, 0.717) is 10.8 Å². The SMILES string of the molecule is CSc1nc(-c2ccco2)oc(=O)c1C#N. The van der Waals surface area contributed by atoms with Gasteiger partial charge in [-0.2, -0.15) is 5.26 Å². The molecule has 0 spiro atoms. The number of rotatable bonds is 2. The molecule has 0 N–H and O–H groups in total. The molecule has 0 radical (unpaired) electrons. The van der Waals surface area contributed by atoms with Gasteiger partial charge in [0.1, 0.15) is 11.1 Å². The molecule has 16 heavy (non-hydrogen) atoms. The lowest BCUT2D eigenvalue weighted by Crippen LogP contribution is -2.08. The van der Waals surface area contributed by atoms with Crippen LogP contribution in [0.15, 0.2) is 37.1 Å². The van der Waals surface area contributed by atoms with Gasteiger partial charge in [-0.05, 0) is 18.4 Å². The molecule has 0 aromatic carbocycles. The number of thioether (sulfide) groups is 1. The van der Waals surface area contributed by atoms with E-state index in [0.717, 1.165) is 0 Å². The molecule has 2 rings (SSSR count). The van der Waals surface area contributed by atoms with E-state index in [9.17, 15) is 4.79 Å². The molecule has 0 amide bonds. The van der Waals surface area contributed by atoms with Gasteiger partial charge in [-0.25, -0.2) is 9.78 Å². The number of nitriles is 1. The van der Waals surface area contributed by atoms with Gasteiger partial charge in [0.15, 0.2) is 11.3 Å². The van der Waals surface area contributed by atoms with Crippen LogP contribution in [-0.2, 0) is 0 Å². The van der Waals surface area contributed by atoms with Crippen LogP contribution < -0.4 is 5.63 Å². The molecule has 80 valence electrons. The Kier molecular flexibility index (Phi) is 2.79. The summed E-state index contributed by atoms with van der Waals surface area (Å²) < 4.78 is 9.95. The molecule has 0 aliphatic rings. The molecule has 0 saturated carbocycles. The molecule has 0 atom stereocenters. The zero-order chi connectivity index (χ0) is 11.5. The molecule has 5 nitrogen and oxygen atoms in total. The normalized spacial score (nSPS) is 10.0. The summed E-state index contributed by atoms with van der Waals surface area (Å²) >= 11 is 1.21. The van der Waals surface area contributed by atoms with Crippen molar-refractivity contribution in [1.82, 2.24) is 4.98 Å². The Hall–Kier alpha value is -2.00. The first kappa shape index (κ1) is 10.5. The van der Waals surface area contributed by atoms with E-state index >= 15 is 0 Å². The van der Waals surface area contributed by atoms with E-state index in [-0.39, 0.29) is 11.5 Å². The van der Waals surface area contributed by atoms with Gasteiger partial charge in [0.2, 0.25) is 0 Å². The summed E-state index contributed by atoms with van der Waals surface area (Å²) in [6, 6.07) is 5.05. The first-order valence-corrected chi connectivity index (χ1v) is 5.52. The third kappa shape index (κ3) is 1.73. The van der Waals surface area contributed by atoms with Gasteiger partial charge in [-0.15, -0.1) is 11.8 Å². The molecule has 0 fully saturated rings. The minimum Gasteiger partial charge on any atom is -0.459 e. The monoisotopic (exact) mass is 234 g/mol. The van der Waals surface area contributed by atoms with Crippen LogP contribution in [0, 0.1) is 11.3 Å². The van der Waals surface area contributed by atoms with Crippen LogP contribution in [0.4, 0.5) is 0 Å². The Labute approximate surface area is 94.7 Å². The lowest BCUT2D eigenvalue weighted by molar-refractivity contribution is 0.465.